The van der Waals surface area contributed by atoms with Crippen molar-refractivity contribution in [3.63, 3.8) is 0 Å². The normalized spacial score (nSPS) is 20.3. The van der Waals surface area contributed by atoms with Crippen LogP contribution in [-0.4, -0.2) is 119 Å². The van der Waals surface area contributed by atoms with E-state index in [9.17, 15) is 19.7 Å². The molecule has 0 aliphatic carbocycles. The molecule has 0 spiro atoms. The lowest BCUT2D eigenvalue weighted by molar-refractivity contribution is -0.385. The first-order valence-corrected chi connectivity index (χ1v) is 11.4. The monoisotopic (exact) mass is 497 g/mol. The Morgan fingerprint density at radius 2 is 1.09 bits per heavy atom. The molecule has 3 heterocycles. The summed E-state index contributed by atoms with van der Waals surface area (Å²) in [6.07, 6.45) is 0. The van der Waals surface area contributed by atoms with Gasteiger partial charge in [0.25, 0.3) is 17.5 Å². The Bertz CT molecular complexity index is 833. The van der Waals surface area contributed by atoms with Crippen molar-refractivity contribution in [2.75, 3.05) is 92.2 Å². The second-order valence-electron chi connectivity index (χ2n) is 7.68. The van der Waals surface area contributed by atoms with Gasteiger partial charge < -0.3 is 38.2 Å². The number of fused-ring (bicyclic) bond motifs is 18. The number of carbonyl (C=O) groups excluding carboxylic acids is 2. The first-order chi connectivity index (χ1) is 17.0. The molecular formula is C22H31N3O10. The molecule has 3 aliphatic heterocycles. The minimum atomic E-state index is -0.580. The Balaban J connectivity index is 1.86. The van der Waals surface area contributed by atoms with E-state index in [2.05, 4.69) is 0 Å². The van der Waals surface area contributed by atoms with Gasteiger partial charge in [0.05, 0.1) is 63.8 Å². The molecule has 4 rings (SSSR count). The predicted molar refractivity (Wildman–Crippen MR) is 121 cm³/mol. The fourth-order valence-corrected chi connectivity index (χ4v) is 3.37. The highest BCUT2D eigenvalue weighted by Gasteiger charge is 2.20. The van der Waals surface area contributed by atoms with Crippen LogP contribution in [0.4, 0.5) is 5.69 Å². The van der Waals surface area contributed by atoms with Crippen LogP contribution in [0.5, 0.6) is 11.5 Å². The van der Waals surface area contributed by atoms with Crippen LogP contribution >= 0.6 is 0 Å². The Hall–Kier alpha value is -3.00. The zero-order valence-corrected chi connectivity index (χ0v) is 19.6. The molecule has 0 aromatic heterocycles. The predicted octanol–water partition coefficient (Wildman–Crippen LogP) is 0.103. The van der Waals surface area contributed by atoms with Crippen LogP contribution in [-0.2, 0) is 28.5 Å². The molecule has 2 amide bonds. The van der Waals surface area contributed by atoms with Crippen LogP contribution in [0.1, 0.15) is 0 Å². The smallest absolute Gasteiger partial charge is 0.273 e. The number of hydrogen-bond acceptors (Lipinski definition) is 10. The van der Waals surface area contributed by atoms with Crippen molar-refractivity contribution in [2.24, 2.45) is 0 Å². The topological polar surface area (TPSA) is 139 Å². The summed E-state index contributed by atoms with van der Waals surface area (Å²) in [6, 6.07) is 3.75. The first kappa shape index (κ1) is 26.6. The minimum Gasteiger partial charge on any atom is -0.480 e. The summed E-state index contributed by atoms with van der Waals surface area (Å²) >= 11 is 0. The van der Waals surface area contributed by atoms with Crippen LogP contribution in [0.15, 0.2) is 18.2 Å². The van der Waals surface area contributed by atoms with E-state index in [1.807, 2.05) is 0 Å². The lowest BCUT2D eigenvalue weighted by Gasteiger charge is -2.25. The molecule has 0 atom stereocenters. The molecule has 2 bridgehead atoms. The van der Waals surface area contributed by atoms with E-state index in [1.54, 1.807) is 4.90 Å². The Kier molecular flexibility index (Phi) is 11.0. The summed E-state index contributed by atoms with van der Waals surface area (Å²) in [5.74, 6) is -0.567. The van der Waals surface area contributed by atoms with E-state index in [4.69, 9.17) is 28.4 Å². The molecule has 1 aromatic carbocycles. The average Bonchev–Trinajstić information content (AvgIpc) is 2.85. The molecule has 0 saturated carbocycles. The number of benzene rings is 1. The number of rotatable bonds is 1. The third-order valence-electron chi connectivity index (χ3n) is 5.31. The van der Waals surface area contributed by atoms with Gasteiger partial charge in [0.2, 0.25) is 0 Å². The number of nitro benzene ring substituents is 1. The van der Waals surface area contributed by atoms with Gasteiger partial charge in [-0.15, -0.1) is 0 Å². The molecule has 35 heavy (non-hydrogen) atoms. The van der Waals surface area contributed by atoms with Gasteiger partial charge in [0, 0.05) is 32.2 Å². The molecule has 1 aromatic rings. The summed E-state index contributed by atoms with van der Waals surface area (Å²) < 4.78 is 33.6. The zero-order valence-electron chi connectivity index (χ0n) is 19.6. The van der Waals surface area contributed by atoms with Crippen LogP contribution in [0.2, 0.25) is 0 Å². The summed E-state index contributed by atoms with van der Waals surface area (Å²) in [7, 11) is 0. The number of ether oxygens (including phenoxy) is 6. The fourth-order valence-electron chi connectivity index (χ4n) is 3.37. The van der Waals surface area contributed by atoms with Crippen LogP contribution < -0.4 is 9.47 Å². The highest BCUT2D eigenvalue weighted by molar-refractivity contribution is 5.78. The molecule has 13 nitrogen and oxygen atoms in total. The molecule has 194 valence electrons. The highest BCUT2D eigenvalue weighted by atomic mass is 16.6. The summed E-state index contributed by atoms with van der Waals surface area (Å²) in [5.41, 5.74) is -0.231. The van der Waals surface area contributed by atoms with E-state index in [0.29, 0.717) is 65.8 Å². The lowest BCUT2D eigenvalue weighted by Crippen LogP contribution is -2.41. The SMILES string of the molecule is O=C1COc2ccc([N+](=O)[O-])cc2OCC(=O)N2CCOCCOCCN1CCOCCOCC2. The molecule has 0 N–H and O–H groups in total. The number of carbonyl (C=O) groups is 2. The number of nitrogens with zero attached hydrogens (tertiary/aromatic N) is 3. The van der Waals surface area contributed by atoms with Gasteiger partial charge in [-0.3, -0.25) is 19.7 Å². The van der Waals surface area contributed by atoms with E-state index < -0.39 is 4.92 Å². The highest BCUT2D eigenvalue weighted by Crippen LogP contribution is 2.31. The maximum absolute atomic E-state index is 12.9. The van der Waals surface area contributed by atoms with E-state index in [0.717, 1.165) is 0 Å². The number of amides is 2. The van der Waals surface area contributed by atoms with Crippen molar-refractivity contribution in [3.05, 3.63) is 28.3 Å². The number of nitro groups is 1. The van der Waals surface area contributed by atoms with Gasteiger partial charge >= 0.3 is 0 Å². The first-order valence-electron chi connectivity index (χ1n) is 11.4. The largest absolute Gasteiger partial charge is 0.480 e. The van der Waals surface area contributed by atoms with Crippen molar-refractivity contribution in [2.45, 2.75) is 0 Å². The van der Waals surface area contributed by atoms with Crippen molar-refractivity contribution < 1.29 is 42.9 Å². The van der Waals surface area contributed by atoms with Crippen molar-refractivity contribution in [3.8, 4) is 11.5 Å². The molecule has 13 heteroatoms. The van der Waals surface area contributed by atoms with Gasteiger partial charge in [-0.1, -0.05) is 0 Å². The van der Waals surface area contributed by atoms with Gasteiger partial charge in [0.15, 0.2) is 24.7 Å². The molecule has 1 saturated heterocycles. The fraction of sp³-hybridized carbons (Fsp3) is 0.636. The molecule has 1 fully saturated rings. The van der Waals surface area contributed by atoms with Crippen molar-refractivity contribution in [1.82, 2.24) is 9.80 Å². The quantitative estimate of drug-likeness (QED) is 0.388. The number of non-ortho nitro benzene ring substituents is 1. The third-order valence-corrected chi connectivity index (χ3v) is 5.31. The maximum Gasteiger partial charge on any atom is 0.273 e. The molecule has 0 unspecified atom stereocenters. The van der Waals surface area contributed by atoms with E-state index >= 15 is 0 Å². The van der Waals surface area contributed by atoms with Crippen molar-refractivity contribution in [1.29, 1.82) is 0 Å². The van der Waals surface area contributed by atoms with Crippen LogP contribution in [0.3, 0.4) is 0 Å². The van der Waals surface area contributed by atoms with Gasteiger partial charge in [0.1, 0.15) is 0 Å². The number of hydrogen-bond donors (Lipinski definition) is 0. The average molecular weight is 498 g/mol. The summed E-state index contributed by atoms with van der Waals surface area (Å²) in [6.45, 7) is 3.10. The molecule has 3 aliphatic rings. The second kappa shape index (κ2) is 14.4. The summed E-state index contributed by atoms with van der Waals surface area (Å²) in [5, 5.41) is 11.2. The molecule has 0 radical (unpaired) electrons. The standard InChI is InChI=1S/C22H31N3O10/c26-21-16-34-19-2-1-18(25(28)29)15-20(19)35-17-22(27)24-5-9-32-13-11-30-7-3-23(21)4-8-31-12-14-33-10-6-24/h1-2,15H,3-14,16-17H2. The lowest BCUT2D eigenvalue weighted by atomic mass is 10.3. The van der Waals surface area contributed by atoms with Crippen LogP contribution in [0.25, 0.3) is 0 Å². The van der Waals surface area contributed by atoms with E-state index in [-0.39, 0.29) is 55.4 Å². The van der Waals surface area contributed by atoms with Gasteiger partial charge in [-0.05, 0) is 6.07 Å². The Labute approximate surface area is 202 Å². The van der Waals surface area contributed by atoms with Gasteiger partial charge in [-0.2, -0.15) is 0 Å². The zero-order chi connectivity index (χ0) is 24.9. The third kappa shape index (κ3) is 8.94. The Morgan fingerprint density at radius 3 is 1.51 bits per heavy atom. The molecular weight excluding hydrogens is 466 g/mol. The Morgan fingerprint density at radius 1 is 0.657 bits per heavy atom. The summed E-state index contributed by atoms with van der Waals surface area (Å²) in [4.78, 5) is 39.5. The maximum atomic E-state index is 12.9. The second-order valence-corrected chi connectivity index (χ2v) is 7.68. The van der Waals surface area contributed by atoms with Crippen LogP contribution in [0, 0.1) is 10.1 Å². The van der Waals surface area contributed by atoms with E-state index in [1.165, 1.54) is 23.1 Å². The minimum absolute atomic E-state index is 0.00625. The van der Waals surface area contributed by atoms with Gasteiger partial charge in [-0.25, -0.2) is 0 Å². The van der Waals surface area contributed by atoms with Crippen molar-refractivity contribution >= 4 is 17.5 Å².